The van der Waals surface area contributed by atoms with Gasteiger partial charge in [0.1, 0.15) is 0 Å². The molecule has 0 spiro atoms. The molecule has 3 nitrogen and oxygen atoms in total. The maximum absolute atomic E-state index is 2.69. The number of hydrogen-bond donors (Lipinski definition) is 0. The Morgan fingerprint density at radius 2 is 1.04 bits per heavy atom. The normalized spacial score (nSPS) is 15.2. The Morgan fingerprint density at radius 1 is 0.493 bits per heavy atom. The molecule has 3 aliphatic rings. The number of fused-ring (bicyclic) bond motifs is 6. The van der Waals surface area contributed by atoms with E-state index in [2.05, 4.69) is 275 Å². The highest BCUT2D eigenvalue weighted by atomic mass is 32.1. The molecular weight excluding hydrogens is 854 g/mol. The van der Waals surface area contributed by atoms with E-state index < -0.39 is 0 Å². The second kappa shape index (κ2) is 16.3. The maximum Gasteiger partial charge on any atom is 0.264 e. The first kappa shape index (κ1) is 43.2. The standard InChI is InChI=1S/C64H58BN3S/c1-62(2,3)46-33-35-49(36-34-46)67-55-41-50(66(47-26-16-10-17-27-47)48-28-18-11-19-29-48)42-56-58(55)65(61-59(67)57-60(69-61)64(6,7)39-38-63(57,4)5)52-37-32-45(43-22-12-8-13-23-43)40-54(52)68(56)53-31-21-20-30-51(53)44-24-14-9-15-25-44/h8-37,40-42H,38-39H2,1-7H3. The summed E-state index contributed by atoms with van der Waals surface area (Å²) in [7, 11) is 0. The third kappa shape index (κ3) is 7.16. The molecule has 0 bridgehead atoms. The van der Waals surface area contributed by atoms with E-state index in [0.717, 1.165) is 35.6 Å². The topological polar surface area (TPSA) is 9.72 Å². The molecule has 12 rings (SSSR count). The first-order chi connectivity index (χ1) is 33.4. The second-order valence-corrected chi connectivity index (χ2v) is 22.7. The molecule has 0 radical (unpaired) electrons. The zero-order valence-electron chi connectivity index (χ0n) is 40.8. The van der Waals surface area contributed by atoms with Crippen LogP contribution in [0.2, 0.25) is 0 Å². The monoisotopic (exact) mass is 911 g/mol. The van der Waals surface area contributed by atoms with Crippen LogP contribution in [-0.2, 0) is 16.2 Å². The number of hydrogen-bond acceptors (Lipinski definition) is 4. The van der Waals surface area contributed by atoms with Crippen molar-refractivity contribution in [3.63, 3.8) is 0 Å². The molecule has 0 N–H and O–H groups in total. The van der Waals surface area contributed by atoms with Crippen LogP contribution in [0.4, 0.5) is 51.2 Å². The Kier molecular flexibility index (Phi) is 10.2. The van der Waals surface area contributed by atoms with Crippen LogP contribution < -0.4 is 30.4 Å². The van der Waals surface area contributed by atoms with Crippen LogP contribution >= 0.6 is 11.3 Å². The minimum absolute atomic E-state index is 0.00629. The van der Waals surface area contributed by atoms with Gasteiger partial charge in [-0.05, 0) is 128 Å². The third-order valence-corrected chi connectivity index (χ3v) is 16.8. The fourth-order valence-corrected chi connectivity index (χ4v) is 13.2. The van der Waals surface area contributed by atoms with E-state index in [-0.39, 0.29) is 23.0 Å². The molecule has 0 fully saturated rings. The van der Waals surface area contributed by atoms with Crippen molar-refractivity contribution in [1.29, 1.82) is 0 Å². The largest absolute Gasteiger partial charge is 0.311 e. The molecule has 2 aliphatic heterocycles. The van der Waals surface area contributed by atoms with Crippen LogP contribution in [-0.4, -0.2) is 6.71 Å². The zero-order chi connectivity index (χ0) is 47.2. The molecule has 5 heteroatoms. The zero-order valence-corrected chi connectivity index (χ0v) is 41.6. The summed E-state index contributed by atoms with van der Waals surface area (Å²) in [5.41, 5.74) is 21.0. The van der Waals surface area contributed by atoms with Gasteiger partial charge in [0, 0.05) is 49.3 Å². The average molecular weight is 912 g/mol. The minimum atomic E-state index is -0.0358. The molecule has 69 heavy (non-hydrogen) atoms. The Bertz CT molecular complexity index is 3330. The summed E-state index contributed by atoms with van der Waals surface area (Å²) in [4.78, 5) is 9.29. The Morgan fingerprint density at radius 3 is 1.67 bits per heavy atom. The van der Waals surface area contributed by atoms with Crippen LogP contribution in [0.1, 0.15) is 77.3 Å². The summed E-state index contributed by atoms with van der Waals surface area (Å²) in [5, 5.41) is 0. The molecule has 0 atom stereocenters. The lowest BCUT2D eigenvalue weighted by Gasteiger charge is -2.46. The van der Waals surface area contributed by atoms with Gasteiger partial charge in [-0.15, -0.1) is 0 Å². The summed E-state index contributed by atoms with van der Waals surface area (Å²) in [6, 6.07) is 74.6. The predicted molar refractivity (Wildman–Crippen MR) is 298 cm³/mol. The van der Waals surface area contributed by atoms with Crippen molar-refractivity contribution in [2.75, 3.05) is 14.7 Å². The smallest absolute Gasteiger partial charge is 0.264 e. The molecule has 0 saturated carbocycles. The molecule has 3 heterocycles. The number of thiophene rings is 1. The van der Waals surface area contributed by atoms with E-state index >= 15 is 0 Å². The second-order valence-electron chi connectivity index (χ2n) is 21.6. The first-order valence-electron chi connectivity index (χ1n) is 24.7. The Hall–Kier alpha value is -7.08. The van der Waals surface area contributed by atoms with Gasteiger partial charge in [-0.25, -0.2) is 0 Å². The lowest BCUT2D eigenvalue weighted by Crippen LogP contribution is -2.60. The SMILES string of the molecule is CC(C)(C)c1ccc(N2c3cc(N(c4ccccc4)c4ccccc4)cc4c3B(c3ccc(-c5ccccc5)cc3N4c3ccccc3-c3ccccc3)c3sc4c(c32)C(C)(C)CCC4(C)C)cc1. The van der Waals surface area contributed by atoms with Crippen LogP contribution in [0.3, 0.4) is 0 Å². The van der Waals surface area contributed by atoms with Crippen LogP contribution in [0.25, 0.3) is 22.3 Å². The van der Waals surface area contributed by atoms with E-state index in [1.54, 1.807) is 0 Å². The summed E-state index contributed by atoms with van der Waals surface area (Å²) in [6.07, 6.45) is 2.29. The molecular formula is C64H58BN3S. The fourth-order valence-electron chi connectivity index (χ4n) is 11.5. The molecule has 0 amide bonds. The molecule has 1 aromatic heterocycles. The molecule has 8 aromatic carbocycles. The molecule has 1 aliphatic carbocycles. The predicted octanol–water partition coefficient (Wildman–Crippen LogP) is 16.3. The van der Waals surface area contributed by atoms with Crippen molar-refractivity contribution in [2.45, 2.75) is 77.6 Å². The fraction of sp³-hybridized carbons (Fsp3) is 0.188. The quantitative estimate of drug-likeness (QED) is 0.148. The first-order valence-corrected chi connectivity index (χ1v) is 25.5. The van der Waals surface area contributed by atoms with Crippen molar-refractivity contribution in [3.05, 3.63) is 216 Å². The van der Waals surface area contributed by atoms with Gasteiger partial charge in [0.15, 0.2) is 0 Å². The molecule has 338 valence electrons. The number of anilines is 9. The molecule has 9 aromatic rings. The van der Waals surface area contributed by atoms with Crippen molar-refractivity contribution in [3.8, 4) is 22.3 Å². The van der Waals surface area contributed by atoms with E-state index in [9.17, 15) is 0 Å². The summed E-state index contributed by atoms with van der Waals surface area (Å²) < 4.78 is 1.44. The van der Waals surface area contributed by atoms with E-state index in [1.807, 2.05) is 0 Å². The number of rotatable bonds is 7. The van der Waals surface area contributed by atoms with Crippen molar-refractivity contribution in [2.24, 2.45) is 0 Å². The summed E-state index contributed by atoms with van der Waals surface area (Å²) >= 11 is 2.09. The van der Waals surface area contributed by atoms with Crippen molar-refractivity contribution < 1.29 is 0 Å². The van der Waals surface area contributed by atoms with Gasteiger partial charge in [-0.2, -0.15) is 11.3 Å². The van der Waals surface area contributed by atoms with Crippen LogP contribution in [0, 0.1) is 0 Å². The summed E-state index contributed by atoms with van der Waals surface area (Å²) in [5.74, 6) is 0. The van der Waals surface area contributed by atoms with Gasteiger partial charge >= 0.3 is 0 Å². The average Bonchev–Trinajstić information content (AvgIpc) is 3.79. The van der Waals surface area contributed by atoms with Crippen LogP contribution in [0.15, 0.2) is 200 Å². The highest BCUT2D eigenvalue weighted by Crippen LogP contribution is 2.57. The minimum Gasteiger partial charge on any atom is -0.311 e. The summed E-state index contributed by atoms with van der Waals surface area (Å²) in [6.45, 7) is 16.9. The van der Waals surface area contributed by atoms with E-state index in [1.165, 1.54) is 82.4 Å². The van der Waals surface area contributed by atoms with E-state index in [4.69, 9.17) is 0 Å². The van der Waals surface area contributed by atoms with Gasteiger partial charge in [0.05, 0.1) is 17.1 Å². The number of nitrogens with zero attached hydrogens (tertiary/aromatic N) is 3. The van der Waals surface area contributed by atoms with Gasteiger partial charge in [-0.3, -0.25) is 0 Å². The molecule has 0 unspecified atom stereocenters. The van der Waals surface area contributed by atoms with Crippen molar-refractivity contribution in [1.82, 2.24) is 0 Å². The third-order valence-electron chi connectivity index (χ3n) is 15.2. The number of para-hydroxylation sites is 3. The van der Waals surface area contributed by atoms with Crippen LogP contribution in [0.5, 0.6) is 0 Å². The van der Waals surface area contributed by atoms with Gasteiger partial charge in [0.2, 0.25) is 0 Å². The Labute approximate surface area is 413 Å². The highest BCUT2D eigenvalue weighted by Gasteiger charge is 2.51. The van der Waals surface area contributed by atoms with E-state index in [0.29, 0.717) is 0 Å². The lowest BCUT2D eigenvalue weighted by molar-refractivity contribution is 0.339. The number of benzene rings is 8. The van der Waals surface area contributed by atoms with Gasteiger partial charge in [-0.1, -0.05) is 188 Å². The van der Waals surface area contributed by atoms with Gasteiger partial charge in [0.25, 0.3) is 6.71 Å². The van der Waals surface area contributed by atoms with Gasteiger partial charge < -0.3 is 14.7 Å². The highest BCUT2D eigenvalue weighted by molar-refractivity contribution is 7.29. The lowest BCUT2D eigenvalue weighted by atomic mass is 9.36. The van der Waals surface area contributed by atoms with Crippen molar-refractivity contribution >= 4 is 84.9 Å². The Balaban J connectivity index is 1.25. The molecule has 0 saturated heterocycles. The maximum atomic E-state index is 2.69.